The lowest BCUT2D eigenvalue weighted by Gasteiger charge is -2.07. The lowest BCUT2D eigenvalue weighted by Crippen LogP contribution is -2.07. The fourth-order valence-electron chi connectivity index (χ4n) is 1.86. The maximum Gasteiger partial charge on any atom is 0.189 e. The predicted molar refractivity (Wildman–Crippen MR) is 68.0 cm³/mol. The summed E-state index contributed by atoms with van der Waals surface area (Å²) in [6, 6.07) is 8.02. The fraction of sp³-hybridized carbons (Fsp3) is 0.462. The number of aromatic nitrogens is 4. The summed E-state index contributed by atoms with van der Waals surface area (Å²) in [6.45, 7) is 3.01. The second-order valence-electron chi connectivity index (χ2n) is 4.46. The quantitative estimate of drug-likeness (QED) is 0.794. The maximum atomic E-state index is 5.68. The van der Waals surface area contributed by atoms with E-state index in [1.54, 1.807) is 0 Å². The van der Waals surface area contributed by atoms with Crippen LogP contribution in [0.5, 0.6) is 11.5 Å². The van der Waals surface area contributed by atoms with Crippen molar-refractivity contribution in [3.8, 4) is 11.5 Å². The molecule has 1 aromatic carbocycles. The maximum absolute atomic E-state index is 5.68. The number of nitrogens with zero attached hydrogens (tertiary/aromatic N) is 4. The zero-order valence-corrected chi connectivity index (χ0v) is 10.8. The first-order valence-electron chi connectivity index (χ1n) is 6.49. The van der Waals surface area contributed by atoms with Gasteiger partial charge in [0, 0.05) is 0 Å². The van der Waals surface area contributed by atoms with Gasteiger partial charge in [-0.3, -0.25) is 0 Å². The molecule has 0 bridgehead atoms. The smallest absolute Gasteiger partial charge is 0.189 e. The van der Waals surface area contributed by atoms with Crippen LogP contribution in [0.25, 0.3) is 0 Å². The van der Waals surface area contributed by atoms with Gasteiger partial charge in [-0.15, -0.1) is 5.10 Å². The van der Waals surface area contributed by atoms with Crippen LogP contribution in [-0.2, 0) is 6.61 Å². The summed E-state index contributed by atoms with van der Waals surface area (Å²) in [5, 5.41) is 11.7. The third-order valence-electron chi connectivity index (χ3n) is 2.96. The van der Waals surface area contributed by atoms with Gasteiger partial charge in [0.1, 0.15) is 18.1 Å². The molecule has 2 aromatic rings. The van der Waals surface area contributed by atoms with Crippen molar-refractivity contribution < 1.29 is 9.47 Å². The SMILES string of the molecule is CCOc1ccc(OCc2nnnn2C2CC2)cc1. The number of tetrazole rings is 1. The number of rotatable bonds is 6. The summed E-state index contributed by atoms with van der Waals surface area (Å²) in [5.74, 6) is 2.41. The molecule has 0 aliphatic heterocycles. The van der Waals surface area contributed by atoms with Gasteiger partial charge in [0.15, 0.2) is 5.82 Å². The highest BCUT2D eigenvalue weighted by Gasteiger charge is 2.27. The Morgan fingerprint density at radius 2 is 1.84 bits per heavy atom. The molecule has 1 aliphatic carbocycles. The van der Waals surface area contributed by atoms with Gasteiger partial charge in [0.05, 0.1) is 12.6 Å². The molecule has 0 amide bonds. The molecule has 6 nitrogen and oxygen atoms in total. The Hall–Kier alpha value is -2.11. The van der Waals surface area contributed by atoms with Crippen molar-refractivity contribution in [2.24, 2.45) is 0 Å². The first-order chi connectivity index (χ1) is 9.36. The minimum absolute atomic E-state index is 0.386. The molecule has 0 atom stereocenters. The predicted octanol–water partition coefficient (Wildman–Crippen LogP) is 1.99. The van der Waals surface area contributed by atoms with Gasteiger partial charge in [-0.05, 0) is 54.5 Å². The van der Waals surface area contributed by atoms with Crippen LogP contribution in [0.3, 0.4) is 0 Å². The lowest BCUT2D eigenvalue weighted by molar-refractivity contribution is 0.285. The molecule has 19 heavy (non-hydrogen) atoms. The Balaban J connectivity index is 1.60. The van der Waals surface area contributed by atoms with E-state index in [-0.39, 0.29) is 0 Å². The average Bonchev–Trinajstić information content (AvgIpc) is 3.17. The van der Waals surface area contributed by atoms with Crippen molar-refractivity contribution in [2.45, 2.75) is 32.4 Å². The molecule has 1 fully saturated rings. The first kappa shape index (κ1) is 12.0. The second kappa shape index (κ2) is 5.26. The molecule has 0 unspecified atom stereocenters. The van der Waals surface area contributed by atoms with E-state index in [0.29, 0.717) is 19.3 Å². The van der Waals surface area contributed by atoms with Crippen LogP contribution in [0.2, 0.25) is 0 Å². The second-order valence-corrected chi connectivity index (χ2v) is 4.46. The highest BCUT2D eigenvalue weighted by molar-refractivity contribution is 5.31. The molecule has 0 N–H and O–H groups in total. The summed E-state index contributed by atoms with van der Waals surface area (Å²) in [5.41, 5.74) is 0. The third kappa shape index (κ3) is 2.83. The van der Waals surface area contributed by atoms with E-state index >= 15 is 0 Å². The number of hydrogen-bond donors (Lipinski definition) is 0. The zero-order valence-electron chi connectivity index (χ0n) is 10.8. The molecule has 3 rings (SSSR count). The van der Waals surface area contributed by atoms with Crippen molar-refractivity contribution in [3.63, 3.8) is 0 Å². The molecular formula is C13H16N4O2. The Morgan fingerprint density at radius 1 is 1.16 bits per heavy atom. The van der Waals surface area contributed by atoms with Crippen LogP contribution in [0.4, 0.5) is 0 Å². The summed E-state index contributed by atoms with van der Waals surface area (Å²) in [4.78, 5) is 0. The Bertz CT molecular complexity index is 534. The molecule has 0 saturated heterocycles. The van der Waals surface area contributed by atoms with Crippen LogP contribution in [0.15, 0.2) is 24.3 Å². The van der Waals surface area contributed by atoms with Gasteiger partial charge in [0.2, 0.25) is 0 Å². The molecular weight excluding hydrogens is 244 g/mol. The van der Waals surface area contributed by atoms with E-state index in [0.717, 1.165) is 30.2 Å². The van der Waals surface area contributed by atoms with E-state index < -0.39 is 0 Å². The molecule has 0 spiro atoms. The average molecular weight is 260 g/mol. The van der Waals surface area contributed by atoms with Gasteiger partial charge in [-0.25, -0.2) is 4.68 Å². The Kier molecular flexibility index (Phi) is 3.31. The highest BCUT2D eigenvalue weighted by atomic mass is 16.5. The molecule has 0 radical (unpaired) electrons. The summed E-state index contributed by atoms with van der Waals surface area (Å²) < 4.78 is 12.9. The fourth-order valence-corrected chi connectivity index (χ4v) is 1.86. The van der Waals surface area contributed by atoms with E-state index in [2.05, 4.69) is 15.5 Å². The van der Waals surface area contributed by atoms with E-state index in [1.165, 1.54) is 0 Å². The van der Waals surface area contributed by atoms with Gasteiger partial charge >= 0.3 is 0 Å². The van der Waals surface area contributed by atoms with Crippen LogP contribution in [0, 0.1) is 0 Å². The van der Waals surface area contributed by atoms with Gasteiger partial charge in [0.25, 0.3) is 0 Å². The molecule has 6 heteroatoms. The lowest BCUT2D eigenvalue weighted by atomic mass is 10.3. The standard InChI is InChI=1S/C13H16N4O2/c1-2-18-11-5-7-12(8-6-11)19-9-13-14-15-16-17(13)10-3-4-10/h5-8,10H,2-4,9H2,1H3. The minimum Gasteiger partial charge on any atom is -0.494 e. The topological polar surface area (TPSA) is 62.1 Å². The molecule has 1 aliphatic rings. The summed E-state index contributed by atoms with van der Waals surface area (Å²) in [6.07, 6.45) is 2.31. The summed E-state index contributed by atoms with van der Waals surface area (Å²) >= 11 is 0. The van der Waals surface area contributed by atoms with Crippen molar-refractivity contribution in [3.05, 3.63) is 30.1 Å². The van der Waals surface area contributed by atoms with Crippen LogP contribution in [0.1, 0.15) is 31.6 Å². The van der Waals surface area contributed by atoms with Crippen molar-refractivity contribution in [1.29, 1.82) is 0 Å². The number of benzene rings is 1. The van der Waals surface area contributed by atoms with Gasteiger partial charge < -0.3 is 9.47 Å². The van der Waals surface area contributed by atoms with E-state index in [9.17, 15) is 0 Å². The van der Waals surface area contributed by atoms with Crippen LogP contribution in [-0.4, -0.2) is 26.8 Å². The largest absolute Gasteiger partial charge is 0.494 e. The zero-order chi connectivity index (χ0) is 13.1. The minimum atomic E-state index is 0.386. The van der Waals surface area contributed by atoms with E-state index in [1.807, 2.05) is 35.9 Å². The monoisotopic (exact) mass is 260 g/mol. The van der Waals surface area contributed by atoms with Crippen LogP contribution < -0.4 is 9.47 Å². The van der Waals surface area contributed by atoms with Crippen molar-refractivity contribution >= 4 is 0 Å². The first-order valence-corrected chi connectivity index (χ1v) is 6.49. The number of ether oxygens (including phenoxy) is 2. The Labute approximate surface area is 111 Å². The molecule has 1 aromatic heterocycles. The van der Waals surface area contributed by atoms with Crippen molar-refractivity contribution in [1.82, 2.24) is 20.2 Å². The third-order valence-corrected chi connectivity index (χ3v) is 2.96. The van der Waals surface area contributed by atoms with Crippen molar-refractivity contribution in [2.75, 3.05) is 6.61 Å². The molecule has 1 heterocycles. The Morgan fingerprint density at radius 3 is 2.47 bits per heavy atom. The number of hydrogen-bond acceptors (Lipinski definition) is 5. The van der Waals surface area contributed by atoms with Crippen LogP contribution >= 0.6 is 0 Å². The van der Waals surface area contributed by atoms with Gasteiger partial charge in [-0.1, -0.05) is 0 Å². The normalized spacial score (nSPS) is 14.4. The van der Waals surface area contributed by atoms with E-state index in [4.69, 9.17) is 9.47 Å². The highest BCUT2D eigenvalue weighted by Crippen LogP contribution is 2.34. The van der Waals surface area contributed by atoms with Gasteiger partial charge in [-0.2, -0.15) is 0 Å². The molecule has 100 valence electrons. The molecule has 1 saturated carbocycles. The summed E-state index contributed by atoms with van der Waals surface area (Å²) in [7, 11) is 0.